The minimum Gasteiger partial charge on any atom is -0.370 e. The lowest BCUT2D eigenvalue weighted by molar-refractivity contribution is -0.121. The average molecular weight is 203 g/mol. The second-order valence-electron chi connectivity index (χ2n) is 3.34. The summed E-state index contributed by atoms with van der Waals surface area (Å²) in [6.45, 7) is 0. The van der Waals surface area contributed by atoms with E-state index in [2.05, 4.69) is 17.5 Å². The van der Waals surface area contributed by atoms with Gasteiger partial charge in [-0.2, -0.15) is 0 Å². The van der Waals surface area contributed by atoms with Crippen molar-refractivity contribution in [1.82, 2.24) is 4.72 Å². The molecule has 3 unspecified atom stereocenters. The molecule has 1 rings (SSSR count). The largest absolute Gasteiger partial charge is 0.370 e. The van der Waals surface area contributed by atoms with Crippen LogP contribution in [0.15, 0.2) is 0 Å². The standard InChI is InChI=1S/C7H13N3O2S/c8-5(11)2-3-1-4(3)6(10-13)7(9)12/h3-4,6,10,13H,1-2H2,(H2,8,11)(H2,9,12). The first-order valence-corrected chi connectivity index (χ1v) is 4.48. The van der Waals surface area contributed by atoms with Crippen LogP contribution in [0.5, 0.6) is 0 Å². The number of thiol groups is 1. The van der Waals surface area contributed by atoms with Crippen LogP contribution < -0.4 is 16.2 Å². The van der Waals surface area contributed by atoms with Crippen LogP contribution >= 0.6 is 12.8 Å². The van der Waals surface area contributed by atoms with E-state index in [1.54, 1.807) is 0 Å². The molecule has 1 saturated carbocycles. The van der Waals surface area contributed by atoms with Gasteiger partial charge in [-0.3, -0.25) is 14.3 Å². The van der Waals surface area contributed by atoms with Crippen LogP contribution in [-0.2, 0) is 9.59 Å². The van der Waals surface area contributed by atoms with Gasteiger partial charge in [0.2, 0.25) is 11.8 Å². The van der Waals surface area contributed by atoms with Crippen molar-refractivity contribution < 1.29 is 9.59 Å². The van der Waals surface area contributed by atoms with Gasteiger partial charge < -0.3 is 11.5 Å². The molecule has 1 aliphatic rings. The lowest BCUT2D eigenvalue weighted by Crippen LogP contribution is -2.39. The van der Waals surface area contributed by atoms with E-state index in [0.29, 0.717) is 6.42 Å². The van der Waals surface area contributed by atoms with E-state index in [4.69, 9.17) is 11.5 Å². The number of primary amides is 2. The Labute approximate surface area is 81.8 Å². The van der Waals surface area contributed by atoms with Crippen LogP contribution in [0.2, 0.25) is 0 Å². The Morgan fingerprint density at radius 3 is 2.54 bits per heavy atom. The van der Waals surface area contributed by atoms with E-state index >= 15 is 0 Å². The molecule has 0 spiro atoms. The summed E-state index contributed by atoms with van der Waals surface area (Å²) < 4.78 is 2.53. The summed E-state index contributed by atoms with van der Waals surface area (Å²) in [5.74, 6) is -0.473. The van der Waals surface area contributed by atoms with Crippen molar-refractivity contribution >= 4 is 24.6 Å². The first-order valence-electron chi connectivity index (χ1n) is 4.03. The highest BCUT2D eigenvalue weighted by molar-refractivity contribution is 7.78. The summed E-state index contributed by atoms with van der Waals surface area (Å²) in [4.78, 5) is 21.4. The molecule has 5 nitrogen and oxygen atoms in total. The van der Waals surface area contributed by atoms with Gasteiger partial charge in [0, 0.05) is 6.42 Å². The molecular weight excluding hydrogens is 190 g/mol. The highest BCUT2D eigenvalue weighted by Crippen LogP contribution is 2.43. The molecule has 13 heavy (non-hydrogen) atoms. The minimum atomic E-state index is -0.451. The van der Waals surface area contributed by atoms with E-state index < -0.39 is 11.9 Å². The van der Waals surface area contributed by atoms with Crippen LogP contribution in [0, 0.1) is 11.8 Å². The quantitative estimate of drug-likeness (QED) is 0.422. The number of nitrogens with two attached hydrogens (primary N) is 2. The Morgan fingerprint density at radius 1 is 1.54 bits per heavy atom. The fourth-order valence-corrected chi connectivity index (χ4v) is 1.86. The Bertz CT molecular complexity index is 234. The third-order valence-electron chi connectivity index (χ3n) is 2.31. The van der Waals surface area contributed by atoms with Gasteiger partial charge in [-0.25, -0.2) is 0 Å². The molecule has 6 heteroatoms. The SMILES string of the molecule is NC(=O)CC1CC1C(NS)C(N)=O. The third-order valence-corrected chi connectivity index (χ3v) is 2.59. The lowest BCUT2D eigenvalue weighted by Gasteiger charge is -2.09. The van der Waals surface area contributed by atoms with Gasteiger partial charge >= 0.3 is 0 Å². The van der Waals surface area contributed by atoms with E-state index in [-0.39, 0.29) is 17.7 Å². The number of carbonyl (C=O) groups is 2. The Balaban J connectivity index is 2.39. The van der Waals surface area contributed by atoms with E-state index in [0.717, 1.165) is 6.42 Å². The van der Waals surface area contributed by atoms with Crippen LogP contribution in [0.4, 0.5) is 0 Å². The molecule has 0 aromatic rings. The maximum absolute atomic E-state index is 10.8. The topological polar surface area (TPSA) is 98.2 Å². The van der Waals surface area contributed by atoms with Gasteiger partial charge in [-0.05, 0) is 18.3 Å². The van der Waals surface area contributed by atoms with Crippen LogP contribution in [-0.4, -0.2) is 17.9 Å². The molecule has 0 saturated heterocycles. The van der Waals surface area contributed by atoms with Crippen molar-refractivity contribution in [1.29, 1.82) is 0 Å². The van der Waals surface area contributed by atoms with Crippen molar-refractivity contribution in [2.75, 3.05) is 0 Å². The first-order chi connectivity index (χ1) is 6.06. The summed E-state index contributed by atoms with van der Waals surface area (Å²) in [5.41, 5.74) is 10.1. The summed E-state index contributed by atoms with van der Waals surface area (Å²) >= 11 is 3.80. The molecule has 5 N–H and O–H groups in total. The normalized spacial score (nSPS) is 28.1. The molecule has 0 bridgehead atoms. The summed E-state index contributed by atoms with van der Waals surface area (Å²) in [7, 11) is 0. The number of carbonyl (C=O) groups excluding carboxylic acids is 2. The molecule has 0 aliphatic heterocycles. The monoisotopic (exact) mass is 203 g/mol. The number of hydrogen-bond donors (Lipinski definition) is 4. The van der Waals surface area contributed by atoms with Gasteiger partial charge in [-0.1, -0.05) is 12.8 Å². The second-order valence-corrected chi connectivity index (χ2v) is 3.60. The molecule has 1 aliphatic carbocycles. The van der Waals surface area contributed by atoms with Gasteiger partial charge in [0.1, 0.15) is 0 Å². The van der Waals surface area contributed by atoms with Crippen molar-refractivity contribution in [3.05, 3.63) is 0 Å². The highest BCUT2D eigenvalue weighted by Gasteiger charge is 2.45. The number of amides is 2. The fraction of sp³-hybridized carbons (Fsp3) is 0.714. The van der Waals surface area contributed by atoms with Crippen LogP contribution in [0.25, 0.3) is 0 Å². The highest BCUT2D eigenvalue weighted by atomic mass is 32.1. The zero-order valence-corrected chi connectivity index (χ0v) is 7.96. The Kier molecular flexibility index (Phi) is 3.16. The predicted molar refractivity (Wildman–Crippen MR) is 50.5 cm³/mol. The smallest absolute Gasteiger partial charge is 0.235 e. The van der Waals surface area contributed by atoms with Crippen molar-refractivity contribution in [2.24, 2.45) is 23.3 Å². The summed E-state index contributed by atoms with van der Waals surface area (Å²) in [6, 6.07) is -0.451. The average Bonchev–Trinajstić information content (AvgIpc) is 2.67. The van der Waals surface area contributed by atoms with E-state index in [1.165, 1.54) is 0 Å². The van der Waals surface area contributed by atoms with Crippen LogP contribution in [0.3, 0.4) is 0 Å². The zero-order chi connectivity index (χ0) is 10.0. The molecule has 74 valence electrons. The number of hydrogen-bond acceptors (Lipinski definition) is 4. The first kappa shape index (κ1) is 10.3. The van der Waals surface area contributed by atoms with Gasteiger partial charge in [0.15, 0.2) is 0 Å². The Hall–Kier alpha value is -0.750. The third kappa shape index (κ3) is 2.60. The van der Waals surface area contributed by atoms with Crippen molar-refractivity contribution in [3.8, 4) is 0 Å². The van der Waals surface area contributed by atoms with Gasteiger partial charge in [0.05, 0.1) is 6.04 Å². The van der Waals surface area contributed by atoms with E-state index in [1.807, 2.05) is 0 Å². The molecular formula is C7H13N3O2S. The van der Waals surface area contributed by atoms with Gasteiger partial charge in [0.25, 0.3) is 0 Å². The minimum absolute atomic E-state index is 0.113. The lowest BCUT2D eigenvalue weighted by atomic mass is 10.1. The second kappa shape index (κ2) is 3.97. The predicted octanol–water partition coefficient (Wildman–Crippen LogP) is -1.21. The van der Waals surface area contributed by atoms with Gasteiger partial charge in [-0.15, -0.1) is 0 Å². The molecule has 2 amide bonds. The zero-order valence-electron chi connectivity index (χ0n) is 7.06. The molecule has 0 heterocycles. The van der Waals surface area contributed by atoms with Crippen LogP contribution in [0.1, 0.15) is 12.8 Å². The molecule has 0 aromatic heterocycles. The maximum atomic E-state index is 10.8. The number of nitrogens with one attached hydrogen (secondary N) is 1. The molecule has 0 aromatic carbocycles. The van der Waals surface area contributed by atoms with Crippen molar-refractivity contribution in [2.45, 2.75) is 18.9 Å². The molecule has 0 radical (unpaired) electrons. The molecule has 1 fully saturated rings. The fourth-order valence-electron chi connectivity index (χ4n) is 1.54. The Morgan fingerprint density at radius 2 is 2.15 bits per heavy atom. The number of rotatable bonds is 5. The maximum Gasteiger partial charge on any atom is 0.235 e. The molecule has 3 atom stereocenters. The van der Waals surface area contributed by atoms with Crippen molar-refractivity contribution in [3.63, 3.8) is 0 Å². The summed E-state index contributed by atoms with van der Waals surface area (Å²) in [6.07, 6.45) is 1.13. The summed E-state index contributed by atoms with van der Waals surface area (Å²) in [5, 5.41) is 0. The van der Waals surface area contributed by atoms with E-state index in [9.17, 15) is 9.59 Å².